The molecule has 4 heteroatoms. The van der Waals surface area contributed by atoms with Crippen molar-refractivity contribution in [2.75, 3.05) is 12.8 Å². The lowest BCUT2D eigenvalue weighted by Crippen LogP contribution is -1.95. The predicted octanol–water partition coefficient (Wildman–Crippen LogP) is 3.83. The van der Waals surface area contributed by atoms with Gasteiger partial charge in [0.15, 0.2) is 5.13 Å². The van der Waals surface area contributed by atoms with Crippen LogP contribution in [0.5, 0.6) is 5.75 Å². The van der Waals surface area contributed by atoms with Crippen LogP contribution in [0, 0.1) is 6.92 Å². The van der Waals surface area contributed by atoms with Gasteiger partial charge < -0.3 is 10.5 Å². The van der Waals surface area contributed by atoms with E-state index in [1.54, 1.807) is 7.11 Å². The number of nitrogens with zero attached hydrogens (tertiary/aromatic N) is 1. The molecule has 1 aromatic carbocycles. The lowest BCUT2D eigenvalue weighted by Gasteiger charge is -2.13. The van der Waals surface area contributed by atoms with E-state index in [1.165, 1.54) is 16.9 Å². The van der Waals surface area contributed by atoms with E-state index in [-0.39, 0.29) is 0 Å². The van der Waals surface area contributed by atoms with E-state index in [4.69, 9.17) is 10.5 Å². The van der Waals surface area contributed by atoms with E-state index >= 15 is 0 Å². The fourth-order valence-corrected chi connectivity index (χ4v) is 2.73. The van der Waals surface area contributed by atoms with Crippen LogP contribution < -0.4 is 10.5 Å². The number of methoxy groups -OCH3 is 1. The molecule has 0 aliphatic heterocycles. The number of hydrogen-bond donors (Lipinski definition) is 1. The number of rotatable bonds is 3. The summed E-state index contributed by atoms with van der Waals surface area (Å²) in [7, 11) is 1.70. The second-order valence-corrected chi connectivity index (χ2v) is 5.80. The Morgan fingerprint density at radius 2 is 2.06 bits per heavy atom. The minimum absolute atomic E-state index is 0.413. The Morgan fingerprint density at radius 3 is 2.56 bits per heavy atom. The molecular formula is C14H18N2OS. The van der Waals surface area contributed by atoms with Crippen LogP contribution in [0.4, 0.5) is 5.13 Å². The minimum Gasteiger partial charge on any atom is -0.496 e. The largest absolute Gasteiger partial charge is 0.496 e. The second kappa shape index (κ2) is 4.98. The number of aromatic nitrogens is 1. The maximum atomic E-state index is 5.75. The number of ether oxygens (including phenoxy) is 1. The summed E-state index contributed by atoms with van der Waals surface area (Å²) < 4.78 is 5.39. The third kappa shape index (κ3) is 2.34. The van der Waals surface area contributed by atoms with Gasteiger partial charge in [0.25, 0.3) is 0 Å². The number of nitrogen functional groups attached to an aromatic ring is 1. The molecular weight excluding hydrogens is 244 g/mol. The molecule has 2 aromatic rings. The Morgan fingerprint density at radius 1 is 1.33 bits per heavy atom. The van der Waals surface area contributed by atoms with E-state index < -0.39 is 0 Å². The van der Waals surface area contributed by atoms with E-state index in [0.29, 0.717) is 11.0 Å². The molecule has 0 spiro atoms. The summed E-state index contributed by atoms with van der Waals surface area (Å²) in [6, 6.07) is 6.18. The highest BCUT2D eigenvalue weighted by Gasteiger charge is 2.13. The zero-order chi connectivity index (χ0) is 13.3. The van der Waals surface area contributed by atoms with Crippen LogP contribution in [-0.2, 0) is 0 Å². The molecule has 0 aliphatic carbocycles. The fraction of sp³-hybridized carbons (Fsp3) is 0.357. The first-order valence-electron chi connectivity index (χ1n) is 5.94. The van der Waals surface area contributed by atoms with Crippen molar-refractivity contribution in [2.45, 2.75) is 26.7 Å². The van der Waals surface area contributed by atoms with E-state index in [2.05, 4.69) is 24.9 Å². The van der Waals surface area contributed by atoms with E-state index in [1.807, 2.05) is 19.1 Å². The van der Waals surface area contributed by atoms with Gasteiger partial charge in [0, 0.05) is 10.4 Å². The van der Waals surface area contributed by atoms with Crippen LogP contribution in [0.15, 0.2) is 18.2 Å². The monoisotopic (exact) mass is 262 g/mol. The molecule has 0 fully saturated rings. The predicted molar refractivity (Wildman–Crippen MR) is 77.3 cm³/mol. The topological polar surface area (TPSA) is 48.1 Å². The van der Waals surface area contributed by atoms with Crippen molar-refractivity contribution in [3.05, 3.63) is 28.6 Å². The number of anilines is 1. The Hall–Kier alpha value is -1.55. The summed E-state index contributed by atoms with van der Waals surface area (Å²) in [6.45, 7) is 6.36. The van der Waals surface area contributed by atoms with E-state index in [9.17, 15) is 0 Å². The van der Waals surface area contributed by atoms with E-state index in [0.717, 1.165) is 21.9 Å². The molecule has 0 saturated heterocycles. The summed E-state index contributed by atoms with van der Waals surface area (Å²) in [4.78, 5) is 5.54. The van der Waals surface area contributed by atoms with Crippen LogP contribution in [0.2, 0.25) is 0 Å². The van der Waals surface area contributed by atoms with Gasteiger partial charge in [-0.25, -0.2) is 4.98 Å². The number of thiazole rings is 1. The van der Waals surface area contributed by atoms with Gasteiger partial charge in [0.05, 0.1) is 12.8 Å². The minimum atomic E-state index is 0.413. The zero-order valence-corrected chi connectivity index (χ0v) is 12.0. The molecule has 18 heavy (non-hydrogen) atoms. The van der Waals surface area contributed by atoms with Crippen molar-refractivity contribution in [3.63, 3.8) is 0 Å². The molecule has 1 heterocycles. The Balaban J connectivity index is 2.53. The van der Waals surface area contributed by atoms with Crippen LogP contribution in [0.1, 0.15) is 30.2 Å². The highest BCUT2D eigenvalue weighted by atomic mass is 32.1. The molecule has 0 bridgehead atoms. The van der Waals surface area contributed by atoms with Gasteiger partial charge in [-0.05, 0) is 36.6 Å². The molecule has 0 saturated carbocycles. The first-order chi connectivity index (χ1) is 8.52. The van der Waals surface area contributed by atoms with Gasteiger partial charge >= 0.3 is 0 Å². The van der Waals surface area contributed by atoms with Gasteiger partial charge in [-0.1, -0.05) is 13.8 Å². The van der Waals surface area contributed by atoms with Gasteiger partial charge in [0.2, 0.25) is 0 Å². The molecule has 2 rings (SSSR count). The van der Waals surface area contributed by atoms with Crippen LogP contribution in [0.25, 0.3) is 11.3 Å². The lowest BCUT2D eigenvalue weighted by molar-refractivity contribution is 0.407. The van der Waals surface area contributed by atoms with Crippen LogP contribution in [-0.4, -0.2) is 12.1 Å². The average Bonchev–Trinajstić information content (AvgIpc) is 2.67. The molecule has 0 atom stereocenters. The van der Waals surface area contributed by atoms with Gasteiger partial charge in [-0.15, -0.1) is 11.3 Å². The Bertz CT molecular complexity index is 561. The molecule has 0 radical (unpaired) electrons. The number of hydrogen-bond acceptors (Lipinski definition) is 4. The molecule has 0 aliphatic rings. The number of aryl methyl sites for hydroxylation is 1. The van der Waals surface area contributed by atoms with Crippen LogP contribution in [0.3, 0.4) is 0 Å². The Labute approximate surface area is 112 Å². The Kier molecular flexibility index (Phi) is 3.57. The summed E-state index contributed by atoms with van der Waals surface area (Å²) in [5, 5.41) is 0.615. The third-order valence-electron chi connectivity index (χ3n) is 2.94. The molecule has 0 amide bonds. The molecule has 3 nitrogen and oxygen atoms in total. The smallest absolute Gasteiger partial charge is 0.180 e. The normalized spacial score (nSPS) is 10.9. The number of nitrogens with two attached hydrogens (primary N) is 1. The van der Waals surface area contributed by atoms with Crippen LogP contribution >= 0.6 is 11.3 Å². The average molecular weight is 262 g/mol. The van der Waals surface area contributed by atoms with Crippen molar-refractivity contribution < 1.29 is 4.74 Å². The molecule has 1 aromatic heterocycles. The fourth-order valence-electron chi connectivity index (χ4n) is 2.02. The molecule has 96 valence electrons. The zero-order valence-electron chi connectivity index (χ0n) is 11.2. The summed E-state index contributed by atoms with van der Waals surface area (Å²) in [6.07, 6.45) is 0. The molecule has 2 N–H and O–H groups in total. The lowest BCUT2D eigenvalue weighted by atomic mass is 9.98. The quantitative estimate of drug-likeness (QED) is 0.914. The van der Waals surface area contributed by atoms with Crippen molar-refractivity contribution in [1.29, 1.82) is 0 Å². The van der Waals surface area contributed by atoms with Gasteiger partial charge in [0.1, 0.15) is 5.75 Å². The van der Waals surface area contributed by atoms with Gasteiger partial charge in [-0.3, -0.25) is 0 Å². The van der Waals surface area contributed by atoms with Crippen molar-refractivity contribution >= 4 is 16.5 Å². The first kappa shape index (κ1) is 12.9. The molecule has 0 unspecified atom stereocenters. The highest BCUT2D eigenvalue weighted by molar-refractivity contribution is 7.15. The van der Waals surface area contributed by atoms with Crippen molar-refractivity contribution in [1.82, 2.24) is 4.98 Å². The maximum absolute atomic E-state index is 5.75. The maximum Gasteiger partial charge on any atom is 0.180 e. The van der Waals surface area contributed by atoms with Gasteiger partial charge in [-0.2, -0.15) is 0 Å². The SMILES string of the molecule is COc1ccc(-c2nc(N)sc2C)cc1C(C)C. The summed E-state index contributed by atoms with van der Waals surface area (Å²) in [5.74, 6) is 1.34. The third-order valence-corrected chi connectivity index (χ3v) is 3.74. The standard InChI is InChI=1S/C14H18N2OS/c1-8(2)11-7-10(5-6-12(11)17-4)13-9(3)18-14(15)16-13/h5-8H,1-4H3,(H2,15,16). The van der Waals surface area contributed by atoms with Crippen molar-refractivity contribution in [2.24, 2.45) is 0 Å². The summed E-state index contributed by atoms with van der Waals surface area (Å²) >= 11 is 1.52. The van der Waals surface area contributed by atoms with Crippen molar-refractivity contribution in [3.8, 4) is 17.0 Å². The first-order valence-corrected chi connectivity index (χ1v) is 6.75. The number of benzene rings is 1. The second-order valence-electron chi connectivity index (χ2n) is 4.57. The highest BCUT2D eigenvalue weighted by Crippen LogP contribution is 2.34. The summed E-state index contributed by atoms with van der Waals surface area (Å²) in [5.41, 5.74) is 9.02.